The van der Waals surface area contributed by atoms with E-state index in [9.17, 15) is 26.7 Å². The summed E-state index contributed by atoms with van der Waals surface area (Å²) in [6.07, 6.45) is -6.06. The molecule has 0 radical (unpaired) electrons. The van der Waals surface area contributed by atoms with Crippen LogP contribution in [0.1, 0.15) is 25.0 Å². The summed E-state index contributed by atoms with van der Waals surface area (Å²) in [7, 11) is 0. The fourth-order valence-electron chi connectivity index (χ4n) is 4.19. The Bertz CT molecular complexity index is 974. The van der Waals surface area contributed by atoms with Crippen molar-refractivity contribution in [3.05, 3.63) is 53.6 Å². The Balaban J connectivity index is 0.00000272. The molecule has 0 saturated carbocycles. The van der Waals surface area contributed by atoms with Crippen molar-refractivity contribution in [3.63, 3.8) is 0 Å². The molecule has 2 saturated heterocycles. The quantitative estimate of drug-likeness (QED) is 0.725. The fourth-order valence-corrected chi connectivity index (χ4v) is 4.19. The number of anilines is 1. The molecule has 1 N–H and O–H groups in total. The summed E-state index contributed by atoms with van der Waals surface area (Å²) in [4.78, 5) is 17.0. The second kappa shape index (κ2) is 7.50. The van der Waals surface area contributed by atoms with Crippen LogP contribution in [-0.4, -0.2) is 35.6 Å². The maximum atomic E-state index is 14.3. The van der Waals surface area contributed by atoms with Gasteiger partial charge in [-0.1, -0.05) is 0 Å². The van der Waals surface area contributed by atoms with E-state index in [0.717, 1.165) is 18.2 Å². The van der Waals surface area contributed by atoms with Crippen LogP contribution in [0.15, 0.2) is 36.5 Å². The molecular weight excluding hydrogens is 411 g/mol. The Hall–Kier alpha value is -2.75. The second-order valence-electron chi connectivity index (χ2n) is 7.36. The number of fused-ring (bicyclic) bond motifs is 2. The van der Waals surface area contributed by atoms with E-state index in [0.29, 0.717) is 11.3 Å². The molecule has 162 valence electrons. The number of nitrogens with zero attached hydrogens (tertiary/aromatic N) is 1. The summed E-state index contributed by atoms with van der Waals surface area (Å²) < 4.78 is 74.4. The number of nitrogens with one attached hydrogen (secondary N) is 1. The van der Waals surface area contributed by atoms with E-state index in [1.165, 1.54) is 0 Å². The average Bonchev–Trinajstić information content (AvgIpc) is 3.20. The highest BCUT2D eigenvalue weighted by molar-refractivity contribution is 5.94. The number of carbonyl (C=O) groups excluding carboxylic acids is 1. The number of pyridine rings is 1. The summed E-state index contributed by atoms with van der Waals surface area (Å²) in [6.45, 7) is 1.77. The number of rotatable bonds is 4. The molecule has 1 aromatic heterocycles. The van der Waals surface area contributed by atoms with Crippen LogP contribution in [0, 0.1) is 18.7 Å². The van der Waals surface area contributed by atoms with E-state index >= 15 is 0 Å². The number of aromatic nitrogens is 1. The smallest absolute Gasteiger partial charge is 0.403 e. The number of aryl methyl sites for hydroxylation is 1. The van der Waals surface area contributed by atoms with Gasteiger partial charge in [0.05, 0.1) is 18.1 Å². The van der Waals surface area contributed by atoms with Crippen molar-refractivity contribution in [1.29, 1.82) is 0 Å². The summed E-state index contributed by atoms with van der Waals surface area (Å²) in [5, 5.41) is 2.49. The summed E-state index contributed by atoms with van der Waals surface area (Å²) in [5.74, 6) is -4.11. The third kappa shape index (κ3) is 3.96. The molecule has 0 aliphatic carbocycles. The first-order valence-electron chi connectivity index (χ1n) is 9.20. The van der Waals surface area contributed by atoms with Gasteiger partial charge in [0.2, 0.25) is 5.91 Å². The highest BCUT2D eigenvalue weighted by Crippen LogP contribution is 2.50. The zero-order chi connectivity index (χ0) is 21.6. The van der Waals surface area contributed by atoms with Gasteiger partial charge in [0, 0.05) is 37.4 Å². The van der Waals surface area contributed by atoms with Gasteiger partial charge in [-0.2, -0.15) is 0 Å². The summed E-state index contributed by atoms with van der Waals surface area (Å²) in [5.41, 5.74) is 1.36. The minimum Gasteiger partial charge on any atom is -0.403 e. The molecule has 3 heterocycles. The Morgan fingerprint density at radius 2 is 2.07 bits per heavy atom. The molecule has 1 aromatic carbocycles. The fraction of sp³-hybridized carbons (Fsp3) is 0.400. The van der Waals surface area contributed by atoms with Gasteiger partial charge in [0.1, 0.15) is 6.17 Å². The highest BCUT2D eigenvalue weighted by atomic mass is 19.4. The number of alkyl halides is 4. The summed E-state index contributed by atoms with van der Waals surface area (Å²) >= 11 is 0. The molecule has 0 unspecified atom stereocenters. The minimum atomic E-state index is -5.04. The predicted molar refractivity (Wildman–Crippen MR) is 97.2 cm³/mol. The number of halogens is 5. The van der Waals surface area contributed by atoms with Gasteiger partial charge in [0.25, 0.3) is 0 Å². The van der Waals surface area contributed by atoms with Gasteiger partial charge in [-0.3, -0.25) is 9.78 Å². The van der Waals surface area contributed by atoms with E-state index in [1.54, 1.807) is 25.3 Å². The van der Waals surface area contributed by atoms with Crippen molar-refractivity contribution < 1.29 is 37.6 Å². The molecule has 5 atom stereocenters. The van der Waals surface area contributed by atoms with Crippen molar-refractivity contribution in [2.45, 2.75) is 44.0 Å². The van der Waals surface area contributed by atoms with E-state index < -0.39 is 54.1 Å². The molecular formula is C20H19F5N2O3. The Morgan fingerprint density at radius 3 is 2.73 bits per heavy atom. The lowest BCUT2D eigenvalue weighted by atomic mass is 9.74. The second-order valence-corrected chi connectivity index (χ2v) is 7.36. The first-order valence-corrected chi connectivity index (χ1v) is 9.20. The Kier molecular flexibility index (Phi) is 5.13. The van der Waals surface area contributed by atoms with Gasteiger partial charge in [-0.05, 0) is 36.8 Å². The molecule has 2 bridgehead atoms. The number of benzene rings is 1. The van der Waals surface area contributed by atoms with E-state index in [4.69, 9.17) is 4.74 Å². The average molecular weight is 430 g/mol. The lowest BCUT2D eigenvalue weighted by Crippen LogP contribution is -2.39. The molecule has 2 aromatic rings. The van der Waals surface area contributed by atoms with E-state index in [2.05, 4.69) is 15.0 Å². The topological polar surface area (TPSA) is 60.5 Å². The zero-order valence-electron chi connectivity index (χ0n) is 15.6. The molecule has 1 amide bonds. The van der Waals surface area contributed by atoms with E-state index in [1.807, 2.05) is 0 Å². The monoisotopic (exact) mass is 430 g/mol. The van der Waals surface area contributed by atoms with Crippen molar-refractivity contribution in [2.24, 2.45) is 5.92 Å². The SMILES string of the molecule is Cc1cc([C@H]2[C@H]3O[C@H](C[C@H]3F)[C@@H]2C(=O)Nc2ccc(OC(F)(F)F)c(F)c2)ccn1.[HH]. The normalized spacial score (nSPS) is 27.9. The van der Waals surface area contributed by atoms with Crippen molar-refractivity contribution in [3.8, 4) is 5.75 Å². The third-order valence-corrected chi connectivity index (χ3v) is 5.32. The van der Waals surface area contributed by atoms with E-state index in [-0.39, 0.29) is 13.5 Å². The molecule has 2 aliphatic heterocycles. The third-order valence-electron chi connectivity index (χ3n) is 5.32. The number of hydrogen-bond acceptors (Lipinski definition) is 4. The van der Waals surface area contributed by atoms with Crippen LogP contribution in [0.4, 0.5) is 27.6 Å². The largest absolute Gasteiger partial charge is 0.573 e. The van der Waals surface area contributed by atoms with Crippen LogP contribution in [0.3, 0.4) is 0 Å². The maximum absolute atomic E-state index is 14.3. The number of amides is 1. The van der Waals surface area contributed by atoms with Crippen LogP contribution < -0.4 is 10.1 Å². The maximum Gasteiger partial charge on any atom is 0.573 e. The van der Waals surface area contributed by atoms with Crippen LogP contribution in [0.2, 0.25) is 0 Å². The van der Waals surface area contributed by atoms with Crippen molar-refractivity contribution in [1.82, 2.24) is 4.98 Å². The van der Waals surface area contributed by atoms with Gasteiger partial charge >= 0.3 is 6.36 Å². The Labute approximate surface area is 169 Å². The lowest BCUT2D eigenvalue weighted by molar-refractivity contribution is -0.275. The molecule has 2 aliphatic rings. The molecule has 10 heteroatoms. The minimum absolute atomic E-state index is 0. The first kappa shape index (κ1) is 20.5. The lowest BCUT2D eigenvalue weighted by Gasteiger charge is -2.29. The zero-order valence-corrected chi connectivity index (χ0v) is 15.6. The van der Waals surface area contributed by atoms with Gasteiger partial charge in [0.15, 0.2) is 11.6 Å². The summed E-state index contributed by atoms with van der Waals surface area (Å²) in [6, 6.07) is 6.05. The molecule has 5 nitrogen and oxygen atoms in total. The number of hydrogen-bond donors (Lipinski definition) is 1. The van der Waals surface area contributed by atoms with Crippen molar-refractivity contribution >= 4 is 11.6 Å². The van der Waals surface area contributed by atoms with Gasteiger partial charge in [-0.15, -0.1) is 13.2 Å². The molecule has 0 spiro atoms. The number of ether oxygens (including phenoxy) is 2. The molecule has 30 heavy (non-hydrogen) atoms. The van der Waals surface area contributed by atoms with Crippen LogP contribution in [0.5, 0.6) is 5.75 Å². The predicted octanol–water partition coefficient (Wildman–Crippen LogP) is 4.52. The van der Waals surface area contributed by atoms with Gasteiger partial charge in [-0.25, -0.2) is 8.78 Å². The van der Waals surface area contributed by atoms with Crippen LogP contribution in [-0.2, 0) is 9.53 Å². The Morgan fingerprint density at radius 1 is 1.30 bits per heavy atom. The van der Waals surface area contributed by atoms with Crippen molar-refractivity contribution in [2.75, 3.05) is 5.32 Å². The van der Waals surface area contributed by atoms with Crippen LogP contribution in [0.25, 0.3) is 0 Å². The standard InChI is InChI=1S/C20H17F5N2O3.H2/c1-9-6-10(4-5-26-9)16-17(15-8-13(22)18(16)29-15)19(28)27-11-2-3-14(12(21)7-11)30-20(23,24)25;/h2-7,13,15-18H,8H2,1H3,(H,27,28);1H/t13-,15-,16-,17+,18+;/m1./s1. The number of carbonyl (C=O) groups is 1. The molecule has 4 rings (SSSR count). The van der Waals surface area contributed by atoms with Gasteiger partial charge < -0.3 is 14.8 Å². The van der Waals surface area contributed by atoms with Crippen LogP contribution >= 0.6 is 0 Å². The first-order chi connectivity index (χ1) is 14.1. The highest BCUT2D eigenvalue weighted by Gasteiger charge is 2.57. The molecule has 2 fully saturated rings.